The van der Waals surface area contributed by atoms with Crippen molar-refractivity contribution in [1.29, 1.82) is 0 Å². The molecular weight excluding hydrogens is 336 g/mol. The summed E-state index contributed by atoms with van der Waals surface area (Å²) in [4.78, 5) is 0. The number of hydrogen-bond acceptors (Lipinski definition) is 6. The lowest BCUT2D eigenvalue weighted by Gasteiger charge is -2.37. The van der Waals surface area contributed by atoms with Crippen LogP contribution < -0.4 is 0 Å². The number of fused-ring (bicyclic) bond motifs is 1. The summed E-state index contributed by atoms with van der Waals surface area (Å²) in [6, 6.07) is 19.0. The van der Waals surface area contributed by atoms with Crippen LogP contribution in [0.1, 0.15) is 23.7 Å². The summed E-state index contributed by atoms with van der Waals surface area (Å²) in [6.45, 7) is -0.0799. The Morgan fingerprint density at radius 3 is 2.04 bits per heavy atom. The first-order chi connectivity index (χ1) is 12.8. The molecule has 138 valence electrons. The van der Waals surface area contributed by atoms with Crippen LogP contribution in [0.2, 0.25) is 0 Å². The smallest absolute Gasteiger partial charge is 0.184 e. The lowest BCUT2D eigenvalue weighted by atomic mass is 10.0. The zero-order valence-electron chi connectivity index (χ0n) is 14.2. The molecule has 0 aliphatic carbocycles. The van der Waals surface area contributed by atoms with E-state index in [4.69, 9.17) is 18.9 Å². The average Bonchev–Trinajstić information content (AvgIpc) is 2.85. The van der Waals surface area contributed by atoms with E-state index in [2.05, 4.69) is 0 Å². The van der Waals surface area contributed by atoms with Crippen LogP contribution in [0.3, 0.4) is 0 Å². The van der Waals surface area contributed by atoms with Gasteiger partial charge < -0.3 is 29.2 Å². The minimum absolute atomic E-state index is 0.256. The van der Waals surface area contributed by atoms with E-state index in [1.54, 1.807) is 0 Å². The Hall–Kier alpha value is -1.80. The Labute approximate surface area is 151 Å². The van der Waals surface area contributed by atoms with Crippen molar-refractivity contribution in [3.63, 3.8) is 0 Å². The van der Waals surface area contributed by atoms with E-state index in [9.17, 15) is 10.2 Å². The van der Waals surface area contributed by atoms with Gasteiger partial charge in [-0.3, -0.25) is 0 Å². The van der Waals surface area contributed by atoms with Gasteiger partial charge in [0.15, 0.2) is 12.6 Å². The molecule has 4 rings (SSSR count). The normalized spacial score (nSPS) is 34.7. The quantitative estimate of drug-likeness (QED) is 0.873. The molecule has 2 aliphatic heterocycles. The molecule has 2 unspecified atom stereocenters. The van der Waals surface area contributed by atoms with Crippen molar-refractivity contribution in [2.45, 2.75) is 37.0 Å². The van der Waals surface area contributed by atoms with E-state index < -0.39 is 37.0 Å². The van der Waals surface area contributed by atoms with E-state index in [0.29, 0.717) is 0 Å². The van der Waals surface area contributed by atoms with Crippen LogP contribution in [-0.4, -0.2) is 47.8 Å². The fourth-order valence-electron chi connectivity index (χ4n) is 3.31. The molecule has 0 amide bonds. The Kier molecular flexibility index (Phi) is 5.31. The summed E-state index contributed by atoms with van der Waals surface area (Å²) in [7, 11) is 0. The molecule has 0 radical (unpaired) electrons. The topological polar surface area (TPSA) is 77.4 Å². The molecule has 2 aromatic rings. The molecule has 2 aromatic carbocycles. The molecule has 2 saturated heterocycles. The minimum Gasteiger partial charge on any atom is -0.394 e. The molecule has 2 heterocycles. The maximum atomic E-state index is 10.7. The SMILES string of the molecule is OC[C@H]1OC(c2ccccc2)O[C@H]2COC(c3ccccc3)O[C@@H]2[C@H]1O. The number of rotatable bonds is 3. The molecule has 6 nitrogen and oxygen atoms in total. The van der Waals surface area contributed by atoms with Crippen molar-refractivity contribution >= 4 is 0 Å². The predicted octanol–water partition coefficient (Wildman–Crippen LogP) is 1.94. The van der Waals surface area contributed by atoms with Gasteiger partial charge in [0.05, 0.1) is 13.2 Å². The Morgan fingerprint density at radius 2 is 1.42 bits per heavy atom. The fourth-order valence-corrected chi connectivity index (χ4v) is 3.31. The van der Waals surface area contributed by atoms with Gasteiger partial charge in [0, 0.05) is 11.1 Å². The van der Waals surface area contributed by atoms with Crippen LogP contribution in [0.25, 0.3) is 0 Å². The summed E-state index contributed by atoms with van der Waals surface area (Å²) < 4.78 is 23.7. The van der Waals surface area contributed by atoms with E-state index >= 15 is 0 Å². The first kappa shape index (κ1) is 17.6. The number of aliphatic hydroxyl groups is 2. The number of hydrogen-bond donors (Lipinski definition) is 2. The second-order valence-electron chi connectivity index (χ2n) is 6.44. The van der Waals surface area contributed by atoms with Gasteiger partial charge in [-0.2, -0.15) is 0 Å². The molecule has 0 aromatic heterocycles. The summed E-state index contributed by atoms with van der Waals surface area (Å²) in [6.07, 6.45) is -4.33. The molecule has 26 heavy (non-hydrogen) atoms. The third-order valence-electron chi connectivity index (χ3n) is 4.70. The largest absolute Gasteiger partial charge is 0.394 e. The number of aliphatic hydroxyl groups excluding tert-OH is 2. The molecular formula is C20H22O6. The van der Waals surface area contributed by atoms with Gasteiger partial charge >= 0.3 is 0 Å². The maximum Gasteiger partial charge on any atom is 0.184 e. The lowest BCUT2D eigenvalue weighted by Crippen LogP contribution is -2.51. The van der Waals surface area contributed by atoms with Crippen molar-refractivity contribution in [3.8, 4) is 0 Å². The van der Waals surface area contributed by atoms with Gasteiger partial charge in [-0.05, 0) is 0 Å². The van der Waals surface area contributed by atoms with Gasteiger partial charge in [-0.1, -0.05) is 60.7 Å². The molecule has 0 spiro atoms. The highest BCUT2D eigenvalue weighted by Gasteiger charge is 2.46. The van der Waals surface area contributed by atoms with Crippen molar-refractivity contribution in [2.75, 3.05) is 13.2 Å². The van der Waals surface area contributed by atoms with Crippen molar-refractivity contribution < 1.29 is 29.2 Å². The summed E-state index contributed by atoms with van der Waals surface area (Å²) >= 11 is 0. The van der Waals surface area contributed by atoms with Crippen molar-refractivity contribution in [3.05, 3.63) is 71.8 Å². The molecule has 6 atom stereocenters. The van der Waals surface area contributed by atoms with Crippen LogP contribution in [0.15, 0.2) is 60.7 Å². The minimum atomic E-state index is -1.03. The van der Waals surface area contributed by atoms with Crippen LogP contribution in [0.4, 0.5) is 0 Å². The highest BCUT2D eigenvalue weighted by atomic mass is 16.8. The third-order valence-corrected chi connectivity index (χ3v) is 4.70. The Bertz CT molecular complexity index is 694. The monoisotopic (exact) mass is 358 g/mol. The van der Waals surface area contributed by atoms with Crippen LogP contribution in [-0.2, 0) is 18.9 Å². The van der Waals surface area contributed by atoms with E-state index in [-0.39, 0.29) is 13.2 Å². The molecule has 2 aliphatic rings. The fraction of sp³-hybridized carbons (Fsp3) is 0.400. The van der Waals surface area contributed by atoms with Crippen LogP contribution >= 0.6 is 0 Å². The van der Waals surface area contributed by atoms with Gasteiger partial charge in [0.1, 0.15) is 24.4 Å². The summed E-state index contributed by atoms with van der Waals surface area (Å²) in [5, 5.41) is 20.4. The Balaban J connectivity index is 1.57. The molecule has 6 heteroatoms. The average molecular weight is 358 g/mol. The summed E-state index contributed by atoms with van der Waals surface area (Å²) in [5.74, 6) is 0. The first-order valence-corrected chi connectivity index (χ1v) is 8.73. The van der Waals surface area contributed by atoms with Crippen molar-refractivity contribution in [1.82, 2.24) is 0 Å². The molecule has 0 bridgehead atoms. The zero-order valence-corrected chi connectivity index (χ0v) is 14.2. The number of benzene rings is 2. The molecule has 2 fully saturated rings. The Morgan fingerprint density at radius 1 is 0.808 bits per heavy atom. The highest BCUT2D eigenvalue weighted by molar-refractivity contribution is 5.18. The van der Waals surface area contributed by atoms with E-state index in [1.165, 1.54) is 0 Å². The van der Waals surface area contributed by atoms with Crippen LogP contribution in [0, 0.1) is 0 Å². The van der Waals surface area contributed by atoms with E-state index in [1.807, 2.05) is 60.7 Å². The third kappa shape index (κ3) is 3.53. The second kappa shape index (κ2) is 7.84. The highest BCUT2D eigenvalue weighted by Crippen LogP contribution is 2.36. The standard InChI is InChI=1S/C20H22O6/c21-11-15-17(22)18-16(25-20(24-15)14-9-5-2-6-10-14)12-23-19(26-18)13-7-3-1-4-8-13/h1-10,15-22H,11-12H2/t15-,16+,17+,18+,19?,20?/m1/s1. The molecule has 2 N–H and O–H groups in total. The molecule has 0 saturated carbocycles. The van der Waals surface area contributed by atoms with Gasteiger partial charge in [-0.15, -0.1) is 0 Å². The number of ether oxygens (including phenoxy) is 4. The second-order valence-corrected chi connectivity index (χ2v) is 6.44. The van der Waals surface area contributed by atoms with E-state index in [0.717, 1.165) is 11.1 Å². The lowest BCUT2D eigenvalue weighted by molar-refractivity contribution is -0.289. The summed E-state index contributed by atoms with van der Waals surface area (Å²) in [5.41, 5.74) is 1.67. The van der Waals surface area contributed by atoms with Crippen molar-refractivity contribution in [2.24, 2.45) is 0 Å². The van der Waals surface area contributed by atoms with Crippen LogP contribution in [0.5, 0.6) is 0 Å². The first-order valence-electron chi connectivity index (χ1n) is 8.73. The van der Waals surface area contributed by atoms with Gasteiger partial charge in [-0.25, -0.2) is 0 Å². The van der Waals surface area contributed by atoms with Gasteiger partial charge in [0.25, 0.3) is 0 Å². The maximum absolute atomic E-state index is 10.7. The zero-order chi connectivity index (χ0) is 17.9. The predicted molar refractivity (Wildman–Crippen MR) is 92.0 cm³/mol. The van der Waals surface area contributed by atoms with Gasteiger partial charge in [0.2, 0.25) is 0 Å².